The number of rotatable bonds is 3. The Labute approximate surface area is 148 Å². The fourth-order valence-corrected chi connectivity index (χ4v) is 4.59. The third-order valence-corrected chi connectivity index (χ3v) is 5.92. The number of carbonyl (C=O) groups excluding carboxylic acids is 2. The second-order valence-electron chi connectivity index (χ2n) is 7.66. The quantitative estimate of drug-likeness (QED) is 0.900. The van der Waals surface area contributed by atoms with Crippen molar-refractivity contribution in [3.05, 3.63) is 29.6 Å². The van der Waals surface area contributed by atoms with Crippen molar-refractivity contribution in [2.45, 2.75) is 57.2 Å². The second-order valence-corrected chi connectivity index (χ2v) is 7.66. The van der Waals surface area contributed by atoms with Gasteiger partial charge in [-0.1, -0.05) is 0 Å². The number of piperazine rings is 1. The zero-order chi connectivity index (χ0) is 17.4. The summed E-state index contributed by atoms with van der Waals surface area (Å²) in [5.74, 6) is 0.307. The summed E-state index contributed by atoms with van der Waals surface area (Å²) in [7, 11) is 0. The molecule has 25 heavy (non-hydrogen) atoms. The zero-order valence-corrected chi connectivity index (χ0v) is 14.8. The molecular formula is C19H26N4O2. The number of pyridine rings is 1. The van der Waals surface area contributed by atoms with Crippen LogP contribution in [0.3, 0.4) is 0 Å². The lowest BCUT2D eigenvalue weighted by Gasteiger charge is -2.40. The highest BCUT2D eigenvalue weighted by molar-refractivity contribution is 5.94. The van der Waals surface area contributed by atoms with Crippen LogP contribution in [-0.4, -0.2) is 64.4 Å². The minimum atomic E-state index is -0.0203. The van der Waals surface area contributed by atoms with Gasteiger partial charge in [0.2, 0.25) is 5.91 Å². The van der Waals surface area contributed by atoms with E-state index in [1.807, 2.05) is 13.0 Å². The zero-order valence-electron chi connectivity index (χ0n) is 14.8. The molecule has 134 valence electrons. The van der Waals surface area contributed by atoms with Crippen LogP contribution in [0.5, 0.6) is 0 Å². The molecule has 0 spiro atoms. The molecule has 3 aliphatic rings. The molecule has 3 heterocycles. The van der Waals surface area contributed by atoms with Gasteiger partial charge in [0, 0.05) is 56.6 Å². The topological polar surface area (TPSA) is 65.5 Å². The van der Waals surface area contributed by atoms with Crippen molar-refractivity contribution in [3.8, 4) is 0 Å². The maximum absolute atomic E-state index is 12.4. The fraction of sp³-hybridized carbons (Fsp3) is 0.632. The molecule has 0 bridgehead atoms. The SMILES string of the molecule is Cc1cncc(C(=O)NC2CCC(N3CCN4C(=O)CCC4C3)C2)c1. The van der Waals surface area contributed by atoms with E-state index in [0.29, 0.717) is 30.0 Å². The number of amides is 2. The molecule has 3 fully saturated rings. The summed E-state index contributed by atoms with van der Waals surface area (Å²) in [4.78, 5) is 32.9. The van der Waals surface area contributed by atoms with Crippen LogP contribution in [0, 0.1) is 6.92 Å². The van der Waals surface area contributed by atoms with Crippen molar-refractivity contribution in [3.63, 3.8) is 0 Å². The maximum atomic E-state index is 12.4. The Morgan fingerprint density at radius 1 is 1.20 bits per heavy atom. The van der Waals surface area contributed by atoms with Crippen LogP contribution in [0.25, 0.3) is 0 Å². The van der Waals surface area contributed by atoms with Gasteiger partial charge in [0.1, 0.15) is 0 Å². The Hall–Kier alpha value is -1.95. The third kappa shape index (κ3) is 3.40. The first-order chi connectivity index (χ1) is 12.1. The molecule has 6 heteroatoms. The first kappa shape index (κ1) is 16.5. The van der Waals surface area contributed by atoms with E-state index in [1.54, 1.807) is 12.4 Å². The number of nitrogens with zero attached hydrogens (tertiary/aromatic N) is 3. The van der Waals surface area contributed by atoms with Crippen molar-refractivity contribution in [2.24, 2.45) is 0 Å². The Morgan fingerprint density at radius 3 is 2.92 bits per heavy atom. The van der Waals surface area contributed by atoms with Gasteiger partial charge in [-0.3, -0.25) is 19.5 Å². The molecule has 2 aliphatic heterocycles. The van der Waals surface area contributed by atoms with Crippen LogP contribution >= 0.6 is 0 Å². The first-order valence-corrected chi connectivity index (χ1v) is 9.36. The number of aromatic nitrogens is 1. The van der Waals surface area contributed by atoms with Crippen LogP contribution in [0.1, 0.15) is 48.0 Å². The Kier molecular flexibility index (Phi) is 4.46. The number of hydrogen-bond donors (Lipinski definition) is 1. The highest BCUT2D eigenvalue weighted by Gasteiger charge is 2.39. The average Bonchev–Trinajstić information content (AvgIpc) is 3.22. The monoisotopic (exact) mass is 342 g/mol. The summed E-state index contributed by atoms with van der Waals surface area (Å²) in [6, 6.07) is 3.05. The third-order valence-electron chi connectivity index (χ3n) is 5.92. The molecular weight excluding hydrogens is 316 g/mol. The summed E-state index contributed by atoms with van der Waals surface area (Å²) in [6.45, 7) is 4.78. The average molecular weight is 342 g/mol. The van der Waals surface area contributed by atoms with Crippen LogP contribution in [0.4, 0.5) is 0 Å². The minimum Gasteiger partial charge on any atom is -0.349 e. The Bertz CT molecular complexity index is 677. The minimum absolute atomic E-state index is 0.0203. The molecule has 1 aliphatic carbocycles. The molecule has 6 nitrogen and oxygen atoms in total. The molecule has 2 amide bonds. The van der Waals surface area contributed by atoms with Gasteiger partial charge in [0.15, 0.2) is 0 Å². The molecule has 1 aromatic rings. The van der Waals surface area contributed by atoms with Crippen LogP contribution < -0.4 is 5.32 Å². The predicted molar refractivity (Wildman–Crippen MR) is 94.2 cm³/mol. The summed E-state index contributed by atoms with van der Waals surface area (Å²) in [5.41, 5.74) is 1.64. The molecule has 1 saturated carbocycles. The van der Waals surface area contributed by atoms with Crippen molar-refractivity contribution in [2.75, 3.05) is 19.6 Å². The van der Waals surface area contributed by atoms with Crippen LogP contribution in [0.2, 0.25) is 0 Å². The Balaban J connectivity index is 1.31. The molecule has 2 saturated heterocycles. The van der Waals surface area contributed by atoms with Crippen molar-refractivity contribution in [1.29, 1.82) is 0 Å². The van der Waals surface area contributed by atoms with Gasteiger partial charge in [-0.25, -0.2) is 0 Å². The molecule has 3 unspecified atom stereocenters. The first-order valence-electron chi connectivity index (χ1n) is 9.36. The van der Waals surface area contributed by atoms with Crippen LogP contribution in [0.15, 0.2) is 18.5 Å². The van der Waals surface area contributed by atoms with Gasteiger partial charge in [-0.2, -0.15) is 0 Å². The summed E-state index contributed by atoms with van der Waals surface area (Å²) in [6.07, 6.45) is 8.26. The Morgan fingerprint density at radius 2 is 2.08 bits per heavy atom. The lowest BCUT2D eigenvalue weighted by molar-refractivity contribution is -0.131. The van der Waals surface area contributed by atoms with Crippen molar-refractivity contribution in [1.82, 2.24) is 20.1 Å². The van der Waals surface area contributed by atoms with E-state index in [0.717, 1.165) is 50.9 Å². The molecule has 0 aromatic carbocycles. The van der Waals surface area contributed by atoms with E-state index in [1.165, 1.54) is 0 Å². The van der Waals surface area contributed by atoms with Gasteiger partial charge in [0.25, 0.3) is 5.91 Å². The summed E-state index contributed by atoms with van der Waals surface area (Å²) < 4.78 is 0. The van der Waals surface area contributed by atoms with E-state index in [4.69, 9.17) is 0 Å². The summed E-state index contributed by atoms with van der Waals surface area (Å²) in [5, 5.41) is 3.17. The molecule has 1 aromatic heterocycles. The van der Waals surface area contributed by atoms with Gasteiger partial charge >= 0.3 is 0 Å². The van der Waals surface area contributed by atoms with Gasteiger partial charge in [-0.05, 0) is 44.2 Å². The van der Waals surface area contributed by atoms with Crippen molar-refractivity contribution < 1.29 is 9.59 Å². The van der Waals surface area contributed by atoms with Gasteiger partial charge in [0.05, 0.1) is 5.56 Å². The predicted octanol–water partition coefficient (Wildman–Crippen LogP) is 1.35. The summed E-state index contributed by atoms with van der Waals surface area (Å²) >= 11 is 0. The smallest absolute Gasteiger partial charge is 0.253 e. The van der Waals surface area contributed by atoms with Crippen LogP contribution in [-0.2, 0) is 4.79 Å². The highest BCUT2D eigenvalue weighted by atomic mass is 16.2. The van der Waals surface area contributed by atoms with Gasteiger partial charge in [-0.15, -0.1) is 0 Å². The van der Waals surface area contributed by atoms with Crippen molar-refractivity contribution >= 4 is 11.8 Å². The molecule has 1 N–H and O–H groups in total. The van der Waals surface area contributed by atoms with Gasteiger partial charge < -0.3 is 10.2 Å². The molecule has 0 radical (unpaired) electrons. The van der Waals surface area contributed by atoms with E-state index in [9.17, 15) is 9.59 Å². The number of fused-ring (bicyclic) bond motifs is 1. The van der Waals surface area contributed by atoms with E-state index in [-0.39, 0.29) is 11.9 Å². The lowest BCUT2D eigenvalue weighted by Crippen LogP contribution is -2.54. The maximum Gasteiger partial charge on any atom is 0.253 e. The fourth-order valence-electron chi connectivity index (χ4n) is 4.59. The lowest BCUT2D eigenvalue weighted by atomic mass is 10.1. The standard InChI is InChI=1S/C19H26N4O2/c1-13-8-14(11-20-10-13)19(25)21-15-2-3-16(9-15)22-6-7-23-17(12-22)4-5-18(23)24/h8,10-11,15-17H,2-7,9,12H2,1H3,(H,21,25). The number of hydrogen-bond acceptors (Lipinski definition) is 4. The number of nitrogens with one attached hydrogen (secondary N) is 1. The van der Waals surface area contributed by atoms with E-state index < -0.39 is 0 Å². The van der Waals surface area contributed by atoms with E-state index >= 15 is 0 Å². The number of aryl methyl sites for hydroxylation is 1. The largest absolute Gasteiger partial charge is 0.349 e. The molecule has 3 atom stereocenters. The molecule has 4 rings (SSSR count). The van der Waals surface area contributed by atoms with E-state index in [2.05, 4.69) is 20.1 Å². The second kappa shape index (κ2) is 6.75. The highest BCUT2D eigenvalue weighted by Crippen LogP contribution is 2.29. The number of carbonyl (C=O) groups is 2. The normalized spacial score (nSPS) is 29.7.